The van der Waals surface area contributed by atoms with Crippen molar-refractivity contribution in [3.63, 3.8) is 0 Å². The second-order valence-electron chi connectivity index (χ2n) is 4.48. The molecule has 12 heteroatoms. The van der Waals surface area contributed by atoms with Gasteiger partial charge in [-0.15, -0.1) is 0 Å². The van der Waals surface area contributed by atoms with Crippen molar-refractivity contribution in [3.05, 3.63) is 34.6 Å². The molecule has 24 heavy (non-hydrogen) atoms. The number of carbonyl (C=O) groups excluding carboxylic acids is 1. The first kappa shape index (κ1) is 17.9. The van der Waals surface area contributed by atoms with E-state index in [4.69, 9.17) is 0 Å². The zero-order valence-corrected chi connectivity index (χ0v) is 11.4. The number of esters is 1. The molecule has 0 N–H and O–H groups in total. The first-order valence-corrected chi connectivity index (χ1v) is 5.86. The third-order valence-corrected chi connectivity index (χ3v) is 3.26. The Labute approximate surface area is 127 Å². The molecular weight excluding hydrogens is 358 g/mol. The minimum atomic E-state index is -5.79. The topological polar surface area (TPSA) is 47.9 Å². The van der Waals surface area contributed by atoms with Crippen LogP contribution >= 0.6 is 0 Å². The van der Waals surface area contributed by atoms with Gasteiger partial charge >= 0.3 is 12.1 Å². The summed E-state index contributed by atoms with van der Waals surface area (Å²) in [5.41, 5.74) is -6.66. The van der Waals surface area contributed by atoms with E-state index < -0.39 is 58.4 Å². The van der Waals surface area contributed by atoms with E-state index in [0.29, 0.717) is 7.11 Å². The van der Waals surface area contributed by atoms with E-state index in [1.807, 2.05) is 0 Å². The summed E-state index contributed by atoms with van der Waals surface area (Å²) in [7, 11) is 0.635. The summed E-state index contributed by atoms with van der Waals surface area (Å²) in [5.74, 6) is -15.3. The summed E-state index contributed by atoms with van der Waals surface area (Å²) in [6.45, 7) is 0. The molecule has 132 valence electrons. The lowest BCUT2D eigenvalue weighted by Gasteiger charge is -2.34. The molecule has 1 heterocycles. The number of aliphatic imine (C=N–C) groups is 1. The van der Waals surface area contributed by atoms with Gasteiger partial charge in [-0.1, -0.05) is 0 Å². The quantitative estimate of drug-likeness (QED) is 0.351. The van der Waals surface area contributed by atoms with Crippen LogP contribution in [0.4, 0.5) is 35.1 Å². The molecule has 0 bridgehead atoms. The maximum atomic E-state index is 13.9. The second kappa shape index (κ2) is 5.60. The molecule has 0 amide bonds. The lowest BCUT2D eigenvalue weighted by Crippen LogP contribution is -2.54. The summed E-state index contributed by atoms with van der Waals surface area (Å²) in [6.07, 6.45) is -5.77. The highest BCUT2D eigenvalue weighted by atomic mass is 19.4. The minimum absolute atomic E-state index is 0.0210. The monoisotopic (exact) mass is 363 g/mol. The number of alkyl halides is 3. The Hall–Kier alpha value is -2.40. The zero-order chi connectivity index (χ0) is 18.4. The molecule has 0 unspecified atom stereocenters. The van der Waals surface area contributed by atoms with E-state index in [0.717, 1.165) is 0 Å². The lowest BCUT2D eigenvalue weighted by molar-refractivity contribution is -0.261. The molecule has 1 aliphatic heterocycles. The Morgan fingerprint density at radius 1 is 1.08 bits per heavy atom. The smallest absolute Gasteiger partial charge is 0.435 e. The van der Waals surface area contributed by atoms with Gasteiger partial charge in [0, 0.05) is 0 Å². The van der Waals surface area contributed by atoms with Gasteiger partial charge in [0.05, 0.1) is 12.7 Å². The first-order valence-electron chi connectivity index (χ1n) is 5.86. The van der Waals surface area contributed by atoms with E-state index in [1.54, 1.807) is 0 Å². The van der Waals surface area contributed by atoms with Gasteiger partial charge in [-0.25, -0.2) is 31.7 Å². The Morgan fingerprint density at radius 3 is 1.96 bits per heavy atom. The molecular formula is C12H5F8NO3. The van der Waals surface area contributed by atoms with Crippen molar-refractivity contribution in [1.82, 2.24) is 0 Å². The molecule has 1 aromatic rings. The van der Waals surface area contributed by atoms with Crippen molar-refractivity contribution in [3.8, 4) is 0 Å². The van der Waals surface area contributed by atoms with Crippen LogP contribution in [0.3, 0.4) is 0 Å². The van der Waals surface area contributed by atoms with Crippen molar-refractivity contribution in [2.45, 2.75) is 17.8 Å². The summed E-state index contributed by atoms with van der Waals surface area (Å²) in [6, 6.07) is -2.77. The van der Waals surface area contributed by atoms with Crippen LogP contribution in [0.2, 0.25) is 0 Å². The predicted molar refractivity (Wildman–Crippen MR) is 59.3 cm³/mol. The fourth-order valence-electron chi connectivity index (χ4n) is 2.17. The average molecular weight is 363 g/mol. The van der Waals surface area contributed by atoms with Gasteiger partial charge in [0.2, 0.25) is 11.9 Å². The van der Waals surface area contributed by atoms with Crippen LogP contribution in [-0.2, 0) is 19.9 Å². The van der Waals surface area contributed by atoms with Crippen molar-refractivity contribution in [2.75, 3.05) is 7.11 Å². The third-order valence-electron chi connectivity index (χ3n) is 3.26. The van der Waals surface area contributed by atoms with E-state index in [2.05, 4.69) is 14.5 Å². The first-order chi connectivity index (χ1) is 11.0. The maximum Gasteiger partial charge on any atom is 0.435 e. The highest BCUT2D eigenvalue weighted by Crippen LogP contribution is 2.50. The van der Waals surface area contributed by atoms with Crippen LogP contribution in [-0.4, -0.2) is 31.7 Å². The SMILES string of the molecule is COC(=O)[C@@H]1N=CO[C@@]1(c1c(F)c(F)c(F)c(F)c1F)C(F)(F)F. The van der Waals surface area contributed by atoms with Gasteiger partial charge in [-0.3, -0.25) is 0 Å². The Balaban J connectivity index is 2.90. The molecule has 1 aliphatic rings. The fraction of sp³-hybridized carbons (Fsp3) is 0.333. The predicted octanol–water partition coefficient (Wildman–Crippen LogP) is 2.74. The highest BCUT2D eigenvalue weighted by Gasteiger charge is 2.70. The van der Waals surface area contributed by atoms with Crippen LogP contribution in [0.5, 0.6) is 0 Å². The minimum Gasteiger partial charge on any atom is -0.467 e. The summed E-state index contributed by atoms with van der Waals surface area (Å²) >= 11 is 0. The molecule has 0 aromatic heterocycles. The fourth-order valence-corrected chi connectivity index (χ4v) is 2.17. The van der Waals surface area contributed by atoms with Gasteiger partial charge in [0.25, 0.3) is 5.60 Å². The molecule has 4 nitrogen and oxygen atoms in total. The van der Waals surface area contributed by atoms with E-state index in [-0.39, 0.29) is 6.40 Å². The number of carbonyl (C=O) groups is 1. The molecule has 2 rings (SSSR count). The van der Waals surface area contributed by atoms with Crippen molar-refractivity contribution >= 4 is 12.4 Å². The molecule has 0 radical (unpaired) electrons. The number of hydrogen-bond donors (Lipinski definition) is 0. The van der Waals surface area contributed by atoms with E-state index >= 15 is 0 Å². The number of rotatable bonds is 2. The van der Waals surface area contributed by atoms with E-state index in [9.17, 15) is 39.9 Å². The normalized spacial score (nSPS) is 23.3. The van der Waals surface area contributed by atoms with E-state index in [1.165, 1.54) is 0 Å². The van der Waals surface area contributed by atoms with Crippen LogP contribution in [0, 0.1) is 29.1 Å². The molecule has 0 fully saturated rings. The summed E-state index contributed by atoms with van der Waals surface area (Å²) in [5, 5.41) is 0. The molecule has 0 saturated heterocycles. The van der Waals surface area contributed by atoms with Crippen LogP contribution < -0.4 is 0 Å². The molecule has 0 aliphatic carbocycles. The van der Waals surface area contributed by atoms with Crippen molar-refractivity contribution < 1.29 is 49.4 Å². The Morgan fingerprint density at radius 2 is 1.54 bits per heavy atom. The van der Waals surface area contributed by atoms with Crippen LogP contribution in [0.25, 0.3) is 0 Å². The average Bonchev–Trinajstić information content (AvgIpc) is 2.96. The van der Waals surface area contributed by atoms with Crippen molar-refractivity contribution in [1.29, 1.82) is 0 Å². The van der Waals surface area contributed by atoms with Crippen LogP contribution in [0.1, 0.15) is 5.56 Å². The van der Waals surface area contributed by atoms with Crippen molar-refractivity contribution in [2.24, 2.45) is 4.99 Å². The lowest BCUT2D eigenvalue weighted by atomic mass is 9.84. The molecule has 2 atom stereocenters. The Bertz CT molecular complexity index is 703. The maximum absolute atomic E-state index is 13.9. The molecule has 0 spiro atoms. The number of benzene rings is 1. The Kier molecular flexibility index (Phi) is 4.19. The van der Waals surface area contributed by atoms with Crippen LogP contribution in [0.15, 0.2) is 4.99 Å². The zero-order valence-electron chi connectivity index (χ0n) is 11.4. The molecule has 1 aromatic carbocycles. The number of ether oxygens (including phenoxy) is 2. The second-order valence-corrected chi connectivity index (χ2v) is 4.48. The van der Waals surface area contributed by atoms with Gasteiger partial charge in [0.15, 0.2) is 29.7 Å². The van der Waals surface area contributed by atoms with Gasteiger partial charge in [-0.2, -0.15) is 13.2 Å². The van der Waals surface area contributed by atoms with Gasteiger partial charge < -0.3 is 9.47 Å². The molecule has 0 saturated carbocycles. The number of nitrogens with zero attached hydrogens (tertiary/aromatic N) is 1. The summed E-state index contributed by atoms with van der Waals surface area (Å²) in [4.78, 5) is 14.4. The third kappa shape index (κ3) is 2.19. The number of halogens is 8. The largest absolute Gasteiger partial charge is 0.467 e. The highest BCUT2D eigenvalue weighted by molar-refractivity contribution is 5.81. The number of hydrogen-bond acceptors (Lipinski definition) is 4. The number of methoxy groups -OCH3 is 1. The standard InChI is InChI=1S/C12H5F8NO3/c1-23-10(22)9-11(12(18,19)20,24-2-21-9)3-4(13)6(15)8(17)7(16)5(3)14/h2,9H,1H3/t9-,11+/m0/s1. The van der Waals surface area contributed by atoms with Gasteiger partial charge in [0.1, 0.15) is 0 Å². The van der Waals surface area contributed by atoms with Gasteiger partial charge in [-0.05, 0) is 0 Å². The summed E-state index contributed by atoms with van der Waals surface area (Å²) < 4.78 is 116.